The number of carbonyl (C=O) groups is 1. The summed E-state index contributed by atoms with van der Waals surface area (Å²) in [6.45, 7) is 2.76. The second-order valence-corrected chi connectivity index (χ2v) is 7.67. The fourth-order valence-corrected chi connectivity index (χ4v) is 4.83. The number of thiophene rings is 1. The first-order valence-corrected chi connectivity index (χ1v) is 9.59. The SMILES string of the molecule is N#Cc1cccnc1N1CCN(C(=O)c2cc3c(s2)CCCC3)CC1. The van der Waals surface area contributed by atoms with Crippen LogP contribution in [0, 0.1) is 11.3 Å². The molecule has 1 saturated heterocycles. The Bertz CT molecular complexity index is 807. The van der Waals surface area contributed by atoms with E-state index in [1.54, 1.807) is 29.7 Å². The molecule has 1 aliphatic carbocycles. The summed E-state index contributed by atoms with van der Waals surface area (Å²) < 4.78 is 0. The average Bonchev–Trinajstić information content (AvgIpc) is 3.12. The molecule has 2 aliphatic rings. The van der Waals surface area contributed by atoms with Crippen molar-refractivity contribution in [3.8, 4) is 6.07 Å². The number of hydrogen-bond donors (Lipinski definition) is 0. The van der Waals surface area contributed by atoms with Gasteiger partial charge in [0, 0.05) is 37.3 Å². The summed E-state index contributed by atoms with van der Waals surface area (Å²) in [5.74, 6) is 0.879. The topological polar surface area (TPSA) is 60.2 Å². The number of rotatable bonds is 2. The van der Waals surface area contributed by atoms with E-state index in [1.165, 1.54) is 23.3 Å². The first-order chi connectivity index (χ1) is 12.3. The number of fused-ring (bicyclic) bond motifs is 1. The van der Waals surface area contributed by atoms with Crippen LogP contribution in [0.15, 0.2) is 24.4 Å². The fraction of sp³-hybridized carbons (Fsp3) is 0.421. The molecule has 2 aromatic heterocycles. The third kappa shape index (κ3) is 3.12. The molecule has 0 bridgehead atoms. The van der Waals surface area contributed by atoms with Crippen LogP contribution < -0.4 is 4.90 Å². The van der Waals surface area contributed by atoms with E-state index in [1.807, 2.05) is 4.90 Å². The van der Waals surface area contributed by atoms with Gasteiger partial charge in [0.2, 0.25) is 0 Å². The van der Waals surface area contributed by atoms with Crippen LogP contribution in [0.1, 0.15) is 38.5 Å². The molecule has 0 spiro atoms. The first-order valence-electron chi connectivity index (χ1n) is 8.77. The predicted molar refractivity (Wildman–Crippen MR) is 98.0 cm³/mol. The number of anilines is 1. The van der Waals surface area contributed by atoms with Gasteiger partial charge in [0.05, 0.1) is 10.4 Å². The molecule has 128 valence electrons. The lowest BCUT2D eigenvalue weighted by Crippen LogP contribution is -2.49. The van der Waals surface area contributed by atoms with Gasteiger partial charge in [0.25, 0.3) is 5.91 Å². The molecule has 5 nitrogen and oxygen atoms in total. The lowest BCUT2D eigenvalue weighted by Gasteiger charge is -2.35. The largest absolute Gasteiger partial charge is 0.352 e. The van der Waals surface area contributed by atoms with Gasteiger partial charge in [-0.05, 0) is 49.4 Å². The van der Waals surface area contributed by atoms with Gasteiger partial charge in [-0.25, -0.2) is 4.98 Å². The Balaban J connectivity index is 1.44. The standard InChI is InChI=1S/C19H20N4OS/c20-13-15-5-3-7-21-18(15)22-8-10-23(11-9-22)19(24)17-12-14-4-1-2-6-16(14)25-17/h3,5,7,12H,1-2,4,6,8-11H2. The summed E-state index contributed by atoms with van der Waals surface area (Å²) in [6, 6.07) is 7.87. The number of carbonyl (C=O) groups excluding carboxylic acids is 1. The zero-order chi connectivity index (χ0) is 17.2. The van der Waals surface area contributed by atoms with E-state index in [-0.39, 0.29) is 5.91 Å². The van der Waals surface area contributed by atoms with Crippen molar-refractivity contribution in [3.05, 3.63) is 45.3 Å². The highest BCUT2D eigenvalue weighted by atomic mass is 32.1. The van der Waals surface area contributed by atoms with Crippen molar-refractivity contribution < 1.29 is 4.79 Å². The molecule has 25 heavy (non-hydrogen) atoms. The van der Waals surface area contributed by atoms with Crippen LogP contribution >= 0.6 is 11.3 Å². The molecular formula is C19H20N4OS. The molecule has 0 unspecified atom stereocenters. The number of aromatic nitrogens is 1. The number of pyridine rings is 1. The maximum Gasteiger partial charge on any atom is 0.264 e. The summed E-state index contributed by atoms with van der Waals surface area (Å²) in [5, 5.41) is 9.24. The molecule has 1 fully saturated rings. The van der Waals surface area contributed by atoms with Crippen molar-refractivity contribution in [1.82, 2.24) is 9.88 Å². The summed E-state index contributed by atoms with van der Waals surface area (Å²) >= 11 is 1.68. The highest BCUT2D eigenvalue weighted by molar-refractivity contribution is 7.14. The molecule has 2 aromatic rings. The number of hydrogen-bond acceptors (Lipinski definition) is 5. The molecule has 3 heterocycles. The molecule has 0 N–H and O–H groups in total. The van der Waals surface area contributed by atoms with E-state index in [0.29, 0.717) is 31.7 Å². The van der Waals surface area contributed by atoms with Crippen LogP contribution in [-0.4, -0.2) is 42.0 Å². The summed E-state index contributed by atoms with van der Waals surface area (Å²) in [5.41, 5.74) is 1.97. The van der Waals surface area contributed by atoms with Gasteiger partial charge >= 0.3 is 0 Å². The third-order valence-corrected chi connectivity index (χ3v) is 6.21. The van der Waals surface area contributed by atoms with Crippen LogP contribution in [0.25, 0.3) is 0 Å². The monoisotopic (exact) mass is 352 g/mol. The van der Waals surface area contributed by atoms with Crippen LogP contribution in [-0.2, 0) is 12.8 Å². The van der Waals surface area contributed by atoms with E-state index in [9.17, 15) is 10.1 Å². The van der Waals surface area contributed by atoms with Crippen LogP contribution in [0.4, 0.5) is 5.82 Å². The van der Waals surface area contributed by atoms with E-state index in [2.05, 4.69) is 22.0 Å². The second kappa shape index (κ2) is 6.85. The maximum absolute atomic E-state index is 12.8. The molecule has 1 amide bonds. The Hall–Kier alpha value is -2.39. The molecule has 4 rings (SSSR count). The molecule has 0 radical (unpaired) electrons. The Kier molecular flexibility index (Phi) is 4.41. The van der Waals surface area contributed by atoms with Gasteiger partial charge in [-0.3, -0.25) is 4.79 Å². The number of piperazine rings is 1. The number of aryl methyl sites for hydroxylation is 2. The molecule has 1 aliphatic heterocycles. The molecular weight excluding hydrogens is 332 g/mol. The van der Waals surface area contributed by atoms with Gasteiger partial charge in [0.1, 0.15) is 11.9 Å². The van der Waals surface area contributed by atoms with Gasteiger partial charge in [-0.15, -0.1) is 11.3 Å². The first kappa shape index (κ1) is 16.1. The molecule has 6 heteroatoms. The molecule has 0 atom stereocenters. The molecule has 0 saturated carbocycles. The van der Waals surface area contributed by atoms with E-state index in [0.717, 1.165) is 23.5 Å². The quantitative estimate of drug-likeness (QED) is 0.834. The zero-order valence-electron chi connectivity index (χ0n) is 14.1. The van der Waals surface area contributed by atoms with Crippen LogP contribution in [0.5, 0.6) is 0 Å². The second-order valence-electron chi connectivity index (χ2n) is 6.53. The van der Waals surface area contributed by atoms with E-state index in [4.69, 9.17) is 0 Å². The van der Waals surface area contributed by atoms with Crippen molar-refractivity contribution >= 4 is 23.1 Å². The Morgan fingerprint density at radius 2 is 2.00 bits per heavy atom. The maximum atomic E-state index is 12.8. The number of nitrogens with zero attached hydrogens (tertiary/aromatic N) is 4. The lowest BCUT2D eigenvalue weighted by atomic mass is 9.99. The van der Waals surface area contributed by atoms with Gasteiger partial charge in [-0.2, -0.15) is 5.26 Å². The zero-order valence-corrected chi connectivity index (χ0v) is 14.9. The Labute approximate surface area is 151 Å². The Morgan fingerprint density at radius 3 is 2.76 bits per heavy atom. The van der Waals surface area contributed by atoms with Crippen molar-refractivity contribution in [1.29, 1.82) is 5.26 Å². The van der Waals surface area contributed by atoms with Crippen LogP contribution in [0.3, 0.4) is 0 Å². The summed E-state index contributed by atoms with van der Waals surface area (Å²) in [6.07, 6.45) is 6.43. The van der Waals surface area contributed by atoms with Crippen LogP contribution in [0.2, 0.25) is 0 Å². The molecule has 0 aromatic carbocycles. The fourth-order valence-electron chi connectivity index (χ4n) is 3.61. The normalized spacial score (nSPS) is 17.1. The van der Waals surface area contributed by atoms with E-state index >= 15 is 0 Å². The number of amides is 1. The lowest BCUT2D eigenvalue weighted by molar-refractivity contribution is 0.0751. The minimum atomic E-state index is 0.153. The van der Waals surface area contributed by atoms with Crippen molar-refractivity contribution in [2.24, 2.45) is 0 Å². The highest BCUT2D eigenvalue weighted by Crippen LogP contribution is 2.30. The summed E-state index contributed by atoms with van der Waals surface area (Å²) in [4.78, 5) is 23.5. The average molecular weight is 352 g/mol. The summed E-state index contributed by atoms with van der Waals surface area (Å²) in [7, 11) is 0. The highest BCUT2D eigenvalue weighted by Gasteiger charge is 2.26. The van der Waals surface area contributed by atoms with Crippen molar-refractivity contribution in [3.63, 3.8) is 0 Å². The minimum Gasteiger partial charge on any atom is -0.352 e. The van der Waals surface area contributed by atoms with Crippen molar-refractivity contribution in [2.75, 3.05) is 31.1 Å². The predicted octanol–water partition coefficient (Wildman–Crippen LogP) is 2.86. The van der Waals surface area contributed by atoms with Gasteiger partial charge in [0.15, 0.2) is 0 Å². The smallest absolute Gasteiger partial charge is 0.264 e. The van der Waals surface area contributed by atoms with Gasteiger partial charge in [-0.1, -0.05) is 0 Å². The van der Waals surface area contributed by atoms with E-state index < -0.39 is 0 Å². The third-order valence-electron chi connectivity index (χ3n) is 4.98. The Morgan fingerprint density at radius 1 is 1.20 bits per heavy atom. The minimum absolute atomic E-state index is 0.153. The number of nitriles is 1. The van der Waals surface area contributed by atoms with Crippen molar-refractivity contribution in [2.45, 2.75) is 25.7 Å². The van der Waals surface area contributed by atoms with Gasteiger partial charge < -0.3 is 9.80 Å².